The number of furan rings is 1. The predicted octanol–water partition coefficient (Wildman–Crippen LogP) is 2.46. The van der Waals surface area contributed by atoms with Crippen molar-refractivity contribution in [2.45, 2.75) is 0 Å². The lowest BCUT2D eigenvalue weighted by atomic mass is 10.1. The molecule has 0 saturated heterocycles. The van der Waals surface area contributed by atoms with Crippen LogP contribution in [-0.2, 0) is 7.05 Å². The van der Waals surface area contributed by atoms with Gasteiger partial charge in [-0.25, -0.2) is 0 Å². The minimum absolute atomic E-state index is 0.0782. The van der Waals surface area contributed by atoms with Crippen LogP contribution in [0.4, 0.5) is 0 Å². The summed E-state index contributed by atoms with van der Waals surface area (Å²) in [6.07, 6.45) is 4.29. The van der Waals surface area contributed by atoms with Crippen LogP contribution in [0.3, 0.4) is 0 Å². The van der Waals surface area contributed by atoms with Crippen LogP contribution in [0.2, 0.25) is 5.02 Å². The van der Waals surface area contributed by atoms with Gasteiger partial charge < -0.3 is 4.42 Å². The van der Waals surface area contributed by atoms with Gasteiger partial charge >= 0.3 is 0 Å². The highest BCUT2D eigenvalue weighted by Crippen LogP contribution is 2.18. The fourth-order valence-electron chi connectivity index (χ4n) is 1.40. The molecule has 0 N–H and O–H groups in total. The molecule has 0 aliphatic heterocycles. The molecule has 0 aromatic carbocycles. The van der Waals surface area contributed by atoms with Crippen molar-refractivity contribution in [1.82, 2.24) is 9.78 Å². The van der Waals surface area contributed by atoms with Crippen molar-refractivity contribution in [3.05, 3.63) is 46.6 Å². The Balaban J connectivity index is 2.38. The SMILES string of the molecule is Cn1cc(Cl)c(/C=C(/C#N)C(=O)c2ccco2)n1. The average Bonchev–Trinajstić information content (AvgIpc) is 2.95. The van der Waals surface area contributed by atoms with Crippen LogP contribution in [0.25, 0.3) is 6.08 Å². The smallest absolute Gasteiger partial charge is 0.238 e. The number of nitriles is 1. The van der Waals surface area contributed by atoms with Gasteiger partial charge in [-0.1, -0.05) is 11.6 Å². The Morgan fingerprint density at radius 2 is 2.44 bits per heavy atom. The lowest BCUT2D eigenvalue weighted by Crippen LogP contribution is -2.00. The van der Waals surface area contributed by atoms with E-state index in [0.29, 0.717) is 10.7 Å². The predicted molar refractivity (Wildman–Crippen MR) is 64.8 cm³/mol. The van der Waals surface area contributed by atoms with E-state index in [0.717, 1.165) is 0 Å². The van der Waals surface area contributed by atoms with Crippen molar-refractivity contribution in [3.8, 4) is 6.07 Å². The van der Waals surface area contributed by atoms with E-state index >= 15 is 0 Å². The van der Waals surface area contributed by atoms with E-state index < -0.39 is 5.78 Å². The third-order valence-electron chi connectivity index (χ3n) is 2.20. The molecule has 0 saturated carbocycles. The summed E-state index contributed by atoms with van der Waals surface area (Å²) in [5.74, 6) is -0.390. The van der Waals surface area contributed by atoms with Crippen molar-refractivity contribution in [2.24, 2.45) is 7.05 Å². The topological polar surface area (TPSA) is 71.8 Å². The highest BCUT2D eigenvalue weighted by atomic mass is 35.5. The lowest BCUT2D eigenvalue weighted by Gasteiger charge is -1.94. The second-order valence-corrected chi connectivity index (χ2v) is 3.92. The summed E-state index contributed by atoms with van der Waals surface area (Å²) >= 11 is 5.90. The van der Waals surface area contributed by atoms with Crippen LogP contribution >= 0.6 is 11.6 Å². The number of ketones is 1. The maximum atomic E-state index is 11.9. The molecule has 0 aliphatic carbocycles. The summed E-state index contributed by atoms with van der Waals surface area (Å²) in [6.45, 7) is 0. The molecule has 0 unspecified atom stereocenters. The van der Waals surface area contributed by atoms with Gasteiger partial charge in [-0.3, -0.25) is 9.48 Å². The van der Waals surface area contributed by atoms with Gasteiger partial charge in [0.25, 0.3) is 0 Å². The second-order valence-electron chi connectivity index (χ2n) is 3.51. The summed E-state index contributed by atoms with van der Waals surface area (Å²) < 4.78 is 6.45. The summed E-state index contributed by atoms with van der Waals surface area (Å²) in [6, 6.07) is 4.89. The molecule has 2 rings (SSSR count). The summed E-state index contributed by atoms with van der Waals surface area (Å²) in [5.41, 5.74) is 0.293. The largest absolute Gasteiger partial charge is 0.461 e. The number of aromatic nitrogens is 2. The van der Waals surface area contributed by atoms with Gasteiger partial charge in [0.15, 0.2) is 5.76 Å². The maximum absolute atomic E-state index is 11.9. The van der Waals surface area contributed by atoms with Crippen molar-refractivity contribution >= 4 is 23.5 Å². The fourth-order valence-corrected chi connectivity index (χ4v) is 1.63. The first-order valence-electron chi connectivity index (χ1n) is 5.01. The molecule has 0 aliphatic rings. The molecule has 5 nitrogen and oxygen atoms in total. The fraction of sp³-hybridized carbons (Fsp3) is 0.0833. The minimum atomic E-state index is -0.496. The highest BCUT2D eigenvalue weighted by Gasteiger charge is 2.16. The van der Waals surface area contributed by atoms with Crippen molar-refractivity contribution in [1.29, 1.82) is 5.26 Å². The molecule has 0 amide bonds. The molecule has 2 heterocycles. The van der Waals surface area contributed by atoms with Crippen LogP contribution < -0.4 is 0 Å². The van der Waals surface area contributed by atoms with Crippen molar-refractivity contribution in [2.75, 3.05) is 0 Å². The van der Waals surface area contributed by atoms with E-state index in [-0.39, 0.29) is 11.3 Å². The Hall–Kier alpha value is -2.32. The van der Waals surface area contributed by atoms with Crippen LogP contribution in [0, 0.1) is 11.3 Å². The van der Waals surface area contributed by atoms with Gasteiger partial charge in [0, 0.05) is 13.2 Å². The van der Waals surface area contributed by atoms with Crippen LogP contribution in [0.5, 0.6) is 0 Å². The number of carbonyl (C=O) groups is 1. The lowest BCUT2D eigenvalue weighted by molar-refractivity contribution is 0.101. The summed E-state index contributed by atoms with van der Waals surface area (Å²) in [7, 11) is 1.70. The number of Topliss-reactive ketones (excluding diaryl/α,β-unsaturated/α-hetero) is 1. The third kappa shape index (κ3) is 2.34. The zero-order chi connectivity index (χ0) is 13.1. The number of carbonyl (C=O) groups excluding carboxylic acids is 1. The van der Waals surface area contributed by atoms with E-state index in [4.69, 9.17) is 21.3 Å². The zero-order valence-electron chi connectivity index (χ0n) is 9.42. The van der Waals surface area contributed by atoms with Gasteiger partial charge in [-0.05, 0) is 18.2 Å². The Morgan fingerprint density at radius 1 is 1.67 bits per heavy atom. The zero-order valence-corrected chi connectivity index (χ0v) is 10.2. The molecular weight excluding hydrogens is 254 g/mol. The van der Waals surface area contributed by atoms with E-state index in [1.807, 2.05) is 6.07 Å². The quantitative estimate of drug-likeness (QED) is 0.483. The minimum Gasteiger partial charge on any atom is -0.461 e. The number of nitrogens with zero attached hydrogens (tertiary/aromatic N) is 3. The Labute approximate surface area is 108 Å². The highest BCUT2D eigenvalue weighted by molar-refractivity contribution is 6.32. The van der Waals surface area contributed by atoms with E-state index in [1.54, 1.807) is 19.3 Å². The van der Waals surface area contributed by atoms with Crippen LogP contribution in [0.1, 0.15) is 16.2 Å². The van der Waals surface area contributed by atoms with Gasteiger partial charge in [-0.15, -0.1) is 0 Å². The van der Waals surface area contributed by atoms with Gasteiger partial charge in [0.1, 0.15) is 17.3 Å². The summed E-state index contributed by atoms with van der Waals surface area (Å²) in [4.78, 5) is 11.9. The molecule has 0 bridgehead atoms. The van der Waals surface area contributed by atoms with E-state index in [2.05, 4.69) is 5.10 Å². The number of hydrogen-bond donors (Lipinski definition) is 0. The molecule has 90 valence electrons. The Bertz CT molecular complexity index is 647. The molecule has 0 spiro atoms. The maximum Gasteiger partial charge on any atom is 0.238 e. The molecule has 0 fully saturated rings. The number of hydrogen-bond acceptors (Lipinski definition) is 4. The number of rotatable bonds is 3. The van der Waals surface area contributed by atoms with Crippen LogP contribution in [0.15, 0.2) is 34.6 Å². The standard InChI is InChI=1S/C12H8ClN3O2/c1-16-7-9(13)10(15-16)5-8(6-14)12(17)11-3-2-4-18-11/h2-5,7H,1H3/b8-5-. The monoisotopic (exact) mass is 261 g/mol. The van der Waals surface area contributed by atoms with E-state index in [9.17, 15) is 4.79 Å². The van der Waals surface area contributed by atoms with Crippen molar-refractivity contribution in [3.63, 3.8) is 0 Å². The average molecular weight is 262 g/mol. The normalized spacial score (nSPS) is 11.3. The van der Waals surface area contributed by atoms with Gasteiger partial charge in [0.05, 0.1) is 11.3 Å². The number of aryl methyl sites for hydroxylation is 1. The third-order valence-corrected chi connectivity index (χ3v) is 2.49. The molecule has 2 aromatic heterocycles. The first-order valence-corrected chi connectivity index (χ1v) is 5.38. The summed E-state index contributed by atoms with van der Waals surface area (Å²) in [5, 5.41) is 13.4. The molecule has 0 atom stereocenters. The number of halogens is 1. The number of allylic oxidation sites excluding steroid dienone is 1. The molecule has 18 heavy (non-hydrogen) atoms. The first kappa shape index (κ1) is 12.1. The molecule has 2 aromatic rings. The Morgan fingerprint density at radius 3 is 2.94 bits per heavy atom. The van der Waals surface area contributed by atoms with Crippen LogP contribution in [-0.4, -0.2) is 15.6 Å². The van der Waals surface area contributed by atoms with Gasteiger partial charge in [0.2, 0.25) is 5.78 Å². The van der Waals surface area contributed by atoms with E-state index in [1.165, 1.54) is 23.1 Å². The molecule has 6 heteroatoms. The Kier molecular flexibility index (Phi) is 3.31. The molecular formula is C12H8ClN3O2. The van der Waals surface area contributed by atoms with Gasteiger partial charge in [-0.2, -0.15) is 10.4 Å². The van der Waals surface area contributed by atoms with Crippen molar-refractivity contribution < 1.29 is 9.21 Å². The molecule has 0 radical (unpaired) electrons. The second kappa shape index (κ2) is 4.90. The first-order chi connectivity index (χ1) is 8.61.